The number of anilines is 2. The van der Waals surface area contributed by atoms with Crippen LogP contribution in [0.15, 0.2) is 48.5 Å². The second-order valence-electron chi connectivity index (χ2n) is 7.33. The number of rotatable bonds is 7. The van der Waals surface area contributed by atoms with Crippen molar-refractivity contribution in [3.8, 4) is 22.7 Å². The number of likely N-dealkylation sites (N-methyl/N-ethyl adjacent to an activating group) is 1. The zero-order valence-electron chi connectivity index (χ0n) is 17.6. The number of nitrogen functional groups attached to an aromatic ring is 1. The molecule has 0 atom stereocenters. The molecule has 2 heterocycles. The van der Waals surface area contributed by atoms with Crippen molar-refractivity contribution in [2.24, 2.45) is 0 Å². The van der Waals surface area contributed by atoms with E-state index < -0.39 is 0 Å². The quantitative estimate of drug-likeness (QED) is 0.455. The first-order chi connectivity index (χ1) is 15.0. The molecule has 0 saturated carbocycles. The zero-order chi connectivity index (χ0) is 22.0. The van der Waals surface area contributed by atoms with E-state index in [1.54, 1.807) is 11.8 Å². The Morgan fingerprint density at radius 2 is 1.90 bits per heavy atom. The van der Waals surface area contributed by atoms with Gasteiger partial charge in [0.25, 0.3) is 0 Å². The van der Waals surface area contributed by atoms with Gasteiger partial charge in [0.1, 0.15) is 11.6 Å². The fourth-order valence-electron chi connectivity index (χ4n) is 3.25. The minimum atomic E-state index is 0.454. The van der Waals surface area contributed by atoms with E-state index in [1.807, 2.05) is 62.6 Å². The van der Waals surface area contributed by atoms with Crippen molar-refractivity contribution in [3.05, 3.63) is 53.6 Å². The second kappa shape index (κ2) is 8.79. The largest absolute Gasteiger partial charge is 0.497 e. The molecule has 0 amide bonds. The molecular formula is C22H24ClN7O. The van der Waals surface area contributed by atoms with Gasteiger partial charge in [0.2, 0.25) is 5.95 Å². The lowest BCUT2D eigenvalue weighted by atomic mass is 10.1. The number of aromatic nitrogens is 4. The average molecular weight is 438 g/mol. The Morgan fingerprint density at radius 3 is 2.58 bits per heavy atom. The van der Waals surface area contributed by atoms with E-state index in [2.05, 4.69) is 20.3 Å². The maximum absolute atomic E-state index is 6.54. The Kier molecular flexibility index (Phi) is 5.92. The Hall–Kier alpha value is -3.36. The van der Waals surface area contributed by atoms with E-state index in [1.165, 1.54) is 0 Å². The molecule has 0 aliphatic carbocycles. The van der Waals surface area contributed by atoms with Gasteiger partial charge in [-0.25, -0.2) is 9.67 Å². The van der Waals surface area contributed by atoms with Gasteiger partial charge in [0, 0.05) is 23.7 Å². The highest BCUT2D eigenvalue weighted by atomic mass is 35.5. The number of hydrogen-bond acceptors (Lipinski definition) is 7. The van der Waals surface area contributed by atoms with Crippen molar-refractivity contribution >= 4 is 34.4 Å². The number of benzene rings is 2. The molecule has 4 aromatic rings. The maximum Gasteiger partial charge on any atom is 0.225 e. The van der Waals surface area contributed by atoms with Crippen LogP contribution in [-0.2, 0) is 0 Å². The number of nitrogens with two attached hydrogens (primary N) is 1. The number of fused-ring (bicyclic) bond motifs is 1. The Morgan fingerprint density at radius 1 is 1.13 bits per heavy atom. The number of methoxy groups -OCH3 is 1. The summed E-state index contributed by atoms with van der Waals surface area (Å²) >= 11 is 6.25. The van der Waals surface area contributed by atoms with Crippen molar-refractivity contribution in [3.63, 3.8) is 0 Å². The molecule has 2 aromatic carbocycles. The third-order valence-corrected chi connectivity index (χ3v) is 5.06. The molecule has 9 heteroatoms. The molecule has 0 unspecified atom stereocenters. The number of ether oxygens (including phenoxy) is 1. The predicted molar refractivity (Wildman–Crippen MR) is 125 cm³/mol. The summed E-state index contributed by atoms with van der Waals surface area (Å²) in [6.07, 6.45) is 0. The van der Waals surface area contributed by atoms with Crippen LogP contribution < -0.4 is 15.8 Å². The number of halogens is 1. The Bertz CT molecular complexity index is 1200. The van der Waals surface area contributed by atoms with Crippen molar-refractivity contribution in [1.29, 1.82) is 0 Å². The standard InChI is InChI=1S/C22H24ClN7O/c1-29(2)12-11-25-22-26-19(14-5-4-6-15(23)13-14)18-20(24)30(28-21(18)27-22)16-7-9-17(31-3)10-8-16/h4-10,13H,11-12,24H2,1-3H3,(H,25,27,28). The van der Waals surface area contributed by atoms with Gasteiger partial charge in [0.15, 0.2) is 5.65 Å². The molecule has 31 heavy (non-hydrogen) atoms. The lowest BCUT2D eigenvalue weighted by Gasteiger charge is -2.11. The van der Waals surface area contributed by atoms with Crippen LogP contribution in [0.25, 0.3) is 28.0 Å². The summed E-state index contributed by atoms with van der Waals surface area (Å²) < 4.78 is 6.91. The molecule has 0 bridgehead atoms. The van der Waals surface area contributed by atoms with Crippen LogP contribution in [0.3, 0.4) is 0 Å². The summed E-state index contributed by atoms with van der Waals surface area (Å²) in [4.78, 5) is 11.4. The van der Waals surface area contributed by atoms with Crippen LogP contribution >= 0.6 is 11.6 Å². The van der Waals surface area contributed by atoms with Crippen molar-refractivity contribution < 1.29 is 4.74 Å². The molecule has 0 fully saturated rings. The van der Waals surface area contributed by atoms with E-state index in [0.29, 0.717) is 40.1 Å². The molecule has 8 nitrogen and oxygen atoms in total. The topological polar surface area (TPSA) is 94.1 Å². The molecule has 0 aliphatic heterocycles. The lowest BCUT2D eigenvalue weighted by molar-refractivity contribution is 0.414. The maximum atomic E-state index is 6.54. The summed E-state index contributed by atoms with van der Waals surface area (Å²) in [6, 6.07) is 15.0. The minimum absolute atomic E-state index is 0.454. The Labute approximate surface area is 185 Å². The van der Waals surface area contributed by atoms with Gasteiger partial charge in [0.05, 0.1) is 23.9 Å². The molecule has 0 saturated heterocycles. The van der Waals surface area contributed by atoms with Crippen molar-refractivity contribution in [2.75, 3.05) is 45.3 Å². The molecule has 0 aliphatic rings. The van der Waals surface area contributed by atoms with Crippen LogP contribution in [0.5, 0.6) is 5.75 Å². The van der Waals surface area contributed by atoms with Crippen molar-refractivity contribution in [1.82, 2.24) is 24.6 Å². The summed E-state index contributed by atoms with van der Waals surface area (Å²) in [7, 11) is 5.66. The number of nitrogens with zero attached hydrogens (tertiary/aromatic N) is 5. The van der Waals surface area contributed by atoms with Gasteiger partial charge in [-0.15, -0.1) is 5.10 Å². The molecule has 0 radical (unpaired) electrons. The van der Waals surface area contributed by atoms with Gasteiger partial charge in [-0.05, 0) is 50.5 Å². The van der Waals surface area contributed by atoms with E-state index in [9.17, 15) is 0 Å². The molecule has 160 valence electrons. The molecular weight excluding hydrogens is 414 g/mol. The lowest BCUT2D eigenvalue weighted by Crippen LogP contribution is -2.21. The summed E-state index contributed by atoms with van der Waals surface area (Å²) in [5.74, 6) is 1.70. The summed E-state index contributed by atoms with van der Waals surface area (Å²) in [6.45, 7) is 1.54. The zero-order valence-corrected chi connectivity index (χ0v) is 18.4. The molecule has 0 spiro atoms. The van der Waals surface area contributed by atoms with Gasteiger partial charge in [-0.2, -0.15) is 4.98 Å². The average Bonchev–Trinajstić information content (AvgIpc) is 3.09. The SMILES string of the molecule is COc1ccc(-n2nc3nc(NCCN(C)C)nc(-c4cccc(Cl)c4)c3c2N)cc1. The van der Waals surface area contributed by atoms with Crippen LogP contribution in [0.4, 0.5) is 11.8 Å². The van der Waals surface area contributed by atoms with Crippen LogP contribution in [0.1, 0.15) is 0 Å². The molecule has 3 N–H and O–H groups in total. The normalized spacial score (nSPS) is 11.3. The van der Waals surface area contributed by atoms with Gasteiger partial charge in [-0.1, -0.05) is 23.7 Å². The van der Waals surface area contributed by atoms with Crippen LogP contribution in [-0.4, -0.2) is 58.9 Å². The van der Waals surface area contributed by atoms with Crippen LogP contribution in [0, 0.1) is 0 Å². The predicted octanol–water partition coefficient (Wildman–Crippen LogP) is 3.70. The fraction of sp³-hybridized carbons (Fsp3) is 0.227. The monoisotopic (exact) mass is 437 g/mol. The van der Waals surface area contributed by atoms with E-state index >= 15 is 0 Å². The highest BCUT2D eigenvalue weighted by Crippen LogP contribution is 2.33. The first-order valence-corrected chi connectivity index (χ1v) is 10.2. The van der Waals surface area contributed by atoms with Gasteiger partial charge < -0.3 is 20.7 Å². The molecule has 4 rings (SSSR count). The number of nitrogens with one attached hydrogen (secondary N) is 1. The molecule has 2 aromatic heterocycles. The Balaban J connectivity index is 1.86. The minimum Gasteiger partial charge on any atom is -0.497 e. The van der Waals surface area contributed by atoms with E-state index in [0.717, 1.165) is 23.5 Å². The van der Waals surface area contributed by atoms with Crippen LogP contribution in [0.2, 0.25) is 5.02 Å². The summed E-state index contributed by atoms with van der Waals surface area (Å²) in [5.41, 5.74) is 9.37. The van der Waals surface area contributed by atoms with Crippen molar-refractivity contribution in [2.45, 2.75) is 0 Å². The highest BCUT2D eigenvalue weighted by Gasteiger charge is 2.19. The van der Waals surface area contributed by atoms with E-state index in [-0.39, 0.29) is 0 Å². The smallest absolute Gasteiger partial charge is 0.225 e. The second-order valence-corrected chi connectivity index (χ2v) is 7.77. The summed E-state index contributed by atoms with van der Waals surface area (Å²) in [5, 5.41) is 9.23. The van der Waals surface area contributed by atoms with E-state index in [4.69, 9.17) is 27.1 Å². The number of hydrogen-bond donors (Lipinski definition) is 2. The fourth-order valence-corrected chi connectivity index (χ4v) is 3.44. The first-order valence-electron chi connectivity index (χ1n) is 9.81. The third-order valence-electron chi connectivity index (χ3n) is 4.83. The van der Waals surface area contributed by atoms with Gasteiger partial charge in [-0.3, -0.25) is 0 Å². The highest BCUT2D eigenvalue weighted by molar-refractivity contribution is 6.30. The van der Waals surface area contributed by atoms with Gasteiger partial charge >= 0.3 is 0 Å². The first kappa shape index (κ1) is 20.9. The third kappa shape index (κ3) is 4.40.